The highest BCUT2D eigenvalue weighted by atomic mass is 16.5. The molecule has 1 spiro atoms. The van der Waals surface area contributed by atoms with Gasteiger partial charge in [-0.1, -0.05) is 0 Å². The van der Waals surface area contributed by atoms with Crippen molar-refractivity contribution in [2.75, 3.05) is 0 Å². The minimum atomic E-state index is -0.296. The van der Waals surface area contributed by atoms with Gasteiger partial charge in [0.05, 0.1) is 11.8 Å². The first kappa shape index (κ1) is 13.0. The van der Waals surface area contributed by atoms with Crippen molar-refractivity contribution in [3.63, 3.8) is 0 Å². The fourth-order valence-corrected chi connectivity index (χ4v) is 3.55. The molecule has 1 heterocycles. The molecule has 3 rings (SSSR count). The Labute approximate surface area is 114 Å². The smallest absolute Gasteiger partial charge is 0.111 e. The molecule has 0 aromatic heterocycles. The first-order valence-corrected chi connectivity index (χ1v) is 7.11. The molecule has 0 radical (unpaired) electrons. The molecule has 1 atom stereocenters. The number of hydroxylamine groups is 1. The van der Waals surface area contributed by atoms with Crippen molar-refractivity contribution in [3.8, 4) is 0 Å². The van der Waals surface area contributed by atoms with Gasteiger partial charge in [0, 0.05) is 18.3 Å². The molecule has 106 valence electrons. The molecule has 4 nitrogen and oxygen atoms in total. The van der Waals surface area contributed by atoms with Crippen LogP contribution in [0.15, 0.2) is 22.7 Å². The van der Waals surface area contributed by atoms with Gasteiger partial charge in [-0.15, -0.1) is 0 Å². The van der Waals surface area contributed by atoms with Crippen molar-refractivity contribution >= 4 is 0 Å². The Kier molecular flexibility index (Phi) is 2.74. The summed E-state index contributed by atoms with van der Waals surface area (Å²) in [7, 11) is 0. The van der Waals surface area contributed by atoms with Crippen LogP contribution in [-0.4, -0.2) is 22.0 Å². The molecule has 1 aliphatic heterocycles. The highest BCUT2D eigenvalue weighted by Crippen LogP contribution is 2.54. The molecule has 1 fully saturated rings. The SMILES string of the molecule is CC1=C(O)CC2=C(OC3(CCC3)CC2NO)C1(C)C. The number of rotatable bonds is 1. The van der Waals surface area contributed by atoms with E-state index in [9.17, 15) is 10.3 Å². The lowest BCUT2D eigenvalue weighted by molar-refractivity contribution is -0.110. The van der Waals surface area contributed by atoms with Gasteiger partial charge >= 0.3 is 0 Å². The molecule has 1 saturated carbocycles. The van der Waals surface area contributed by atoms with Gasteiger partial charge < -0.3 is 15.1 Å². The highest BCUT2D eigenvalue weighted by molar-refractivity contribution is 5.40. The Morgan fingerprint density at radius 3 is 2.53 bits per heavy atom. The van der Waals surface area contributed by atoms with E-state index in [-0.39, 0.29) is 17.1 Å². The predicted molar refractivity (Wildman–Crippen MR) is 71.7 cm³/mol. The number of nitrogens with one attached hydrogen (secondary N) is 1. The van der Waals surface area contributed by atoms with Crippen LogP contribution in [0.2, 0.25) is 0 Å². The zero-order valence-corrected chi connectivity index (χ0v) is 11.9. The van der Waals surface area contributed by atoms with E-state index < -0.39 is 0 Å². The summed E-state index contributed by atoms with van der Waals surface area (Å²) in [5, 5.41) is 19.6. The average molecular weight is 265 g/mol. The van der Waals surface area contributed by atoms with Gasteiger partial charge in [-0.25, -0.2) is 0 Å². The zero-order valence-electron chi connectivity index (χ0n) is 11.9. The third-order valence-electron chi connectivity index (χ3n) is 5.32. The summed E-state index contributed by atoms with van der Waals surface area (Å²) >= 11 is 0. The fraction of sp³-hybridized carbons (Fsp3) is 0.733. The van der Waals surface area contributed by atoms with E-state index in [2.05, 4.69) is 19.3 Å². The Bertz CT molecular complexity index is 472. The summed E-state index contributed by atoms with van der Waals surface area (Å²) in [5.41, 5.74) is 4.02. The van der Waals surface area contributed by atoms with Crippen molar-refractivity contribution in [2.24, 2.45) is 5.41 Å². The van der Waals surface area contributed by atoms with Crippen molar-refractivity contribution in [2.45, 2.75) is 64.5 Å². The highest BCUT2D eigenvalue weighted by Gasteiger charge is 2.51. The predicted octanol–water partition coefficient (Wildman–Crippen LogP) is 3.19. The molecule has 3 aliphatic rings. The molecule has 4 heteroatoms. The third kappa shape index (κ3) is 1.73. The summed E-state index contributed by atoms with van der Waals surface area (Å²) in [4.78, 5) is 0. The van der Waals surface area contributed by atoms with Gasteiger partial charge in [0.1, 0.15) is 11.4 Å². The number of hydrogen-bond donors (Lipinski definition) is 3. The maximum Gasteiger partial charge on any atom is 0.111 e. The maximum atomic E-state index is 10.1. The van der Waals surface area contributed by atoms with Crippen LogP contribution in [-0.2, 0) is 4.74 Å². The summed E-state index contributed by atoms with van der Waals surface area (Å²) in [6, 6.07) is -0.0985. The molecule has 0 aromatic carbocycles. The molecule has 3 N–H and O–H groups in total. The molecule has 0 saturated heterocycles. The summed E-state index contributed by atoms with van der Waals surface area (Å²) in [6.07, 6.45) is 4.60. The second kappa shape index (κ2) is 4.00. The summed E-state index contributed by atoms with van der Waals surface area (Å²) < 4.78 is 6.36. The van der Waals surface area contributed by atoms with Crippen molar-refractivity contribution in [1.82, 2.24) is 5.48 Å². The van der Waals surface area contributed by atoms with Gasteiger partial charge in [-0.2, -0.15) is 5.48 Å². The van der Waals surface area contributed by atoms with Crippen LogP contribution in [0.1, 0.15) is 52.9 Å². The molecule has 0 amide bonds. The van der Waals surface area contributed by atoms with Gasteiger partial charge in [0.25, 0.3) is 0 Å². The minimum Gasteiger partial charge on any atom is -0.512 e. The van der Waals surface area contributed by atoms with Crippen LogP contribution < -0.4 is 5.48 Å². The fourth-order valence-electron chi connectivity index (χ4n) is 3.55. The molecule has 19 heavy (non-hydrogen) atoms. The molecule has 1 unspecified atom stereocenters. The van der Waals surface area contributed by atoms with Crippen LogP contribution >= 0.6 is 0 Å². The van der Waals surface area contributed by atoms with Crippen molar-refractivity contribution in [1.29, 1.82) is 0 Å². The Morgan fingerprint density at radius 1 is 1.32 bits per heavy atom. The number of allylic oxidation sites excluding steroid dienone is 2. The lowest BCUT2D eigenvalue weighted by Crippen LogP contribution is -2.52. The van der Waals surface area contributed by atoms with E-state index in [1.54, 1.807) is 0 Å². The van der Waals surface area contributed by atoms with Gasteiger partial charge in [0.15, 0.2) is 0 Å². The van der Waals surface area contributed by atoms with Crippen LogP contribution in [0.3, 0.4) is 0 Å². The Morgan fingerprint density at radius 2 is 2.00 bits per heavy atom. The molecular formula is C15H23NO3. The standard InChI is InChI=1S/C15H23NO3/c1-9-12(17)7-10-11(16-18)8-15(5-4-6-15)19-13(10)14(9,2)3/h11,16-18H,4-8H2,1-3H3. The number of hydrogen-bond acceptors (Lipinski definition) is 4. The van der Waals surface area contributed by atoms with E-state index in [1.165, 1.54) is 6.42 Å². The van der Waals surface area contributed by atoms with Gasteiger partial charge in [-0.05, 0) is 51.2 Å². The lowest BCUT2D eigenvalue weighted by Gasteiger charge is -2.52. The topological polar surface area (TPSA) is 61.7 Å². The van der Waals surface area contributed by atoms with E-state index in [1.807, 2.05) is 6.92 Å². The first-order chi connectivity index (χ1) is 8.89. The van der Waals surface area contributed by atoms with Crippen molar-refractivity contribution < 1.29 is 15.1 Å². The van der Waals surface area contributed by atoms with Crippen LogP contribution in [0.5, 0.6) is 0 Å². The largest absolute Gasteiger partial charge is 0.512 e. The Hall–Kier alpha value is -1.00. The van der Waals surface area contributed by atoms with E-state index >= 15 is 0 Å². The lowest BCUT2D eigenvalue weighted by atomic mass is 9.67. The monoisotopic (exact) mass is 265 g/mol. The second-order valence-electron chi connectivity index (χ2n) is 6.75. The number of aliphatic hydroxyl groups excluding tert-OH is 1. The van der Waals surface area contributed by atoms with Crippen LogP contribution in [0.4, 0.5) is 0 Å². The second-order valence-corrected chi connectivity index (χ2v) is 6.75. The van der Waals surface area contributed by atoms with E-state index in [0.717, 1.165) is 36.2 Å². The average Bonchev–Trinajstić information content (AvgIpc) is 2.34. The Balaban J connectivity index is 2.04. The van der Waals surface area contributed by atoms with E-state index in [0.29, 0.717) is 12.2 Å². The summed E-state index contributed by atoms with van der Waals surface area (Å²) in [6.45, 7) is 6.13. The first-order valence-electron chi connectivity index (χ1n) is 7.11. The molecular weight excluding hydrogens is 242 g/mol. The molecule has 0 bridgehead atoms. The number of aliphatic hydroxyl groups is 1. The quantitative estimate of drug-likeness (QED) is 0.637. The third-order valence-corrected chi connectivity index (χ3v) is 5.32. The van der Waals surface area contributed by atoms with Crippen LogP contribution in [0, 0.1) is 5.41 Å². The normalized spacial score (nSPS) is 31.9. The maximum absolute atomic E-state index is 10.1. The van der Waals surface area contributed by atoms with Crippen molar-refractivity contribution in [3.05, 3.63) is 22.7 Å². The molecule has 2 aliphatic carbocycles. The van der Waals surface area contributed by atoms with Gasteiger partial charge in [0.2, 0.25) is 0 Å². The summed E-state index contributed by atoms with van der Waals surface area (Å²) in [5.74, 6) is 1.37. The van der Waals surface area contributed by atoms with Crippen LogP contribution in [0.25, 0.3) is 0 Å². The molecule has 0 aromatic rings. The van der Waals surface area contributed by atoms with Gasteiger partial charge in [-0.3, -0.25) is 0 Å². The minimum absolute atomic E-state index is 0.0935. The number of ether oxygens (including phenoxy) is 1. The zero-order chi connectivity index (χ0) is 13.8. The van der Waals surface area contributed by atoms with E-state index in [4.69, 9.17) is 4.74 Å².